The number of thioether (sulfide) groups is 1. The van der Waals surface area contributed by atoms with E-state index in [1.54, 1.807) is 11.8 Å². The fourth-order valence-electron chi connectivity index (χ4n) is 1.37. The van der Waals surface area contributed by atoms with Gasteiger partial charge in [0.05, 0.1) is 17.6 Å². The van der Waals surface area contributed by atoms with Gasteiger partial charge in [-0.05, 0) is 25.1 Å². The first-order chi connectivity index (χ1) is 7.79. The fraction of sp³-hybridized carbons (Fsp3) is 0.364. The van der Waals surface area contributed by atoms with Crippen molar-refractivity contribution in [3.8, 4) is 0 Å². The molecule has 0 bridgehead atoms. The number of nitrogens with one attached hydrogen (secondary N) is 1. The SMILES string of the molecule is CCOCCSc1nc2cc(Cl)ccc2[nH]1. The third-order valence-corrected chi connectivity index (χ3v) is 3.17. The van der Waals surface area contributed by atoms with Crippen molar-refractivity contribution in [3.63, 3.8) is 0 Å². The number of fused-ring (bicyclic) bond motifs is 1. The highest BCUT2D eigenvalue weighted by atomic mass is 35.5. The third kappa shape index (κ3) is 2.90. The Kier molecular flexibility index (Phi) is 4.09. The van der Waals surface area contributed by atoms with Crippen molar-refractivity contribution in [2.75, 3.05) is 19.0 Å². The van der Waals surface area contributed by atoms with E-state index in [1.165, 1.54) is 0 Å². The summed E-state index contributed by atoms with van der Waals surface area (Å²) in [7, 11) is 0. The van der Waals surface area contributed by atoms with Crippen LogP contribution in [-0.2, 0) is 4.74 Å². The molecule has 1 N–H and O–H groups in total. The van der Waals surface area contributed by atoms with Gasteiger partial charge in [-0.2, -0.15) is 0 Å². The smallest absolute Gasteiger partial charge is 0.166 e. The Morgan fingerprint density at radius 1 is 1.50 bits per heavy atom. The lowest BCUT2D eigenvalue weighted by molar-refractivity contribution is 0.164. The molecule has 2 rings (SSSR count). The molecule has 86 valence electrons. The van der Waals surface area contributed by atoms with Crippen LogP contribution < -0.4 is 0 Å². The van der Waals surface area contributed by atoms with Crippen LogP contribution in [0.4, 0.5) is 0 Å². The standard InChI is InChI=1S/C11H13ClN2OS/c1-2-15-5-6-16-11-13-9-4-3-8(12)7-10(9)14-11/h3-4,7H,2,5-6H2,1H3,(H,13,14). The van der Waals surface area contributed by atoms with Gasteiger partial charge in [0.1, 0.15) is 0 Å². The lowest BCUT2D eigenvalue weighted by Crippen LogP contribution is -1.95. The zero-order chi connectivity index (χ0) is 11.4. The molecule has 0 spiro atoms. The second-order valence-electron chi connectivity index (χ2n) is 3.25. The molecule has 1 aromatic carbocycles. The van der Waals surface area contributed by atoms with Crippen LogP contribution in [0, 0.1) is 0 Å². The monoisotopic (exact) mass is 256 g/mol. The molecule has 0 fully saturated rings. The second-order valence-corrected chi connectivity index (χ2v) is 4.77. The van der Waals surface area contributed by atoms with Crippen molar-refractivity contribution in [1.82, 2.24) is 9.97 Å². The average molecular weight is 257 g/mol. The molecule has 0 aliphatic rings. The summed E-state index contributed by atoms with van der Waals surface area (Å²) >= 11 is 7.55. The van der Waals surface area contributed by atoms with Gasteiger partial charge in [0.25, 0.3) is 0 Å². The molecule has 3 nitrogen and oxygen atoms in total. The van der Waals surface area contributed by atoms with Gasteiger partial charge in [0, 0.05) is 17.4 Å². The molecule has 0 amide bonds. The number of ether oxygens (including phenoxy) is 1. The molecule has 0 aliphatic carbocycles. The molecule has 0 unspecified atom stereocenters. The molecular weight excluding hydrogens is 244 g/mol. The first-order valence-electron chi connectivity index (χ1n) is 5.15. The molecule has 0 saturated carbocycles. The Labute approximate surface area is 104 Å². The van der Waals surface area contributed by atoms with Crippen molar-refractivity contribution >= 4 is 34.4 Å². The van der Waals surface area contributed by atoms with Gasteiger partial charge in [-0.3, -0.25) is 0 Å². The largest absolute Gasteiger partial charge is 0.381 e. The van der Waals surface area contributed by atoms with Crippen LogP contribution in [0.2, 0.25) is 5.02 Å². The summed E-state index contributed by atoms with van der Waals surface area (Å²) in [5.74, 6) is 0.904. The van der Waals surface area contributed by atoms with E-state index in [9.17, 15) is 0 Å². The number of halogens is 1. The summed E-state index contributed by atoms with van der Waals surface area (Å²) in [6.07, 6.45) is 0. The highest BCUT2D eigenvalue weighted by Gasteiger charge is 2.03. The normalized spacial score (nSPS) is 11.1. The third-order valence-electron chi connectivity index (χ3n) is 2.09. The summed E-state index contributed by atoms with van der Waals surface area (Å²) in [6.45, 7) is 3.50. The van der Waals surface area contributed by atoms with Crippen LogP contribution in [0.5, 0.6) is 0 Å². The average Bonchev–Trinajstić information content (AvgIpc) is 2.66. The second kappa shape index (κ2) is 5.57. The fourth-order valence-corrected chi connectivity index (χ4v) is 2.27. The molecule has 16 heavy (non-hydrogen) atoms. The summed E-state index contributed by atoms with van der Waals surface area (Å²) in [5, 5.41) is 1.63. The van der Waals surface area contributed by atoms with E-state index in [0.717, 1.165) is 35.2 Å². The quantitative estimate of drug-likeness (QED) is 0.659. The van der Waals surface area contributed by atoms with Crippen LogP contribution in [-0.4, -0.2) is 28.9 Å². The zero-order valence-corrected chi connectivity index (χ0v) is 10.6. The highest BCUT2D eigenvalue weighted by molar-refractivity contribution is 7.99. The molecular formula is C11H13ClN2OS. The maximum absolute atomic E-state index is 5.89. The lowest BCUT2D eigenvalue weighted by atomic mass is 10.3. The van der Waals surface area contributed by atoms with E-state index in [0.29, 0.717) is 5.02 Å². The van der Waals surface area contributed by atoms with Crippen molar-refractivity contribution in [2.24, 2.45) is 0 Å². The molecule has 5 heteroatoms. The topological polar surface area (TPSA) is 37.9 Å². The number of hydrogen-bond donors (Lipinski definition) is 1. The van der Waals surface area contributed by atoms with Crippen molar-refractivity contribution < 1.29 is 4.74 Å². The van der Waals surface area contributed by atoms with Crippen LogP contribution >= 0.6 is 23.4 Å². The van der Waals surface area contributed by atoms with Crippen molar-refractivity contribution in [2.45, 2.75) is 12.1 Å². The number of aromatic amines is 1. The molecule has 1 aromatic heterocycles. The van der Waals surface area contributed by atoms with Gasteiger partial charge in [-0.1, -0.05) is 23.4 Å². The Bertz CT molecular complexity index is 472. The summed E-state index contributed by atoms with van der Waals surface area (Å²) in [4.78, 5) is 7.68. The number of H-pyrrole nitrogens is 1. The van der Waals surface area contributed by atoms with Crippen LogP contribution in [0.15, 0.2) is 23.4 Å². The van der Waals surface area contributed by atoms with Gasteiger partial charge in [0.2, 0.25) is 0 Å². The maximum atomic E-state index is 5.89. The van der Waals surface area contributed by atoms with Crippen LogP contribution in [0.25, 0.3) is 11.0 Å². The first kappa shape index (κ1) is 11.8. The molecule has 0 radical (unpaired) electrons. The van der Waals surface area contributed by atoms with Gasteiger partial charge in [-0.15, -0.1) is 0 Å². The maximum Gasteiger partial charge on any atom is 0.166 e. The number of hydrogen-bond acceptors (Lipinski definition) is 3. The Morgan fingerprint density at radius 3 is 3.19 bits per heavy atom. The first-order valence-corrected chi connectivity index (χ1v) is 6.52. The number of imidazole rings is 1. The van der Waals surface area contributed by atoms with E-state index < -0.39 is 0 Å². The van der Waals surface area contributed by atoms with Gasteiger partial charge in [-0.25, -0.2) is 4.98 Å². The molecule has 0 aliphatic heterocycles. The lowest BCUT2D eigenvalue weighted by Gasteiger charge is -1.97. The molecule has 2 aromatic rings. The highest BCUT2D eigenvalue weighted by Crippen LogP contribution is 2.21. The van der Waals surface area contributed by atoms with E-state index >= 15 is 0 Å². The van der Waals surface area contributed by atoms with Gasteiger partial charge >= 0.3 is 0 Å². The number of rotatable bonds is 5. The zero-order valence-electron chi connectivity index (χ0n) is 9.00. The van der Waals surface area contributed by atoms with Crippen LogP contribution in [0.3, 0.4) is 0 Å². The van der Waals surface area contributed by atoms with E-state index in [4.69, 9.17) is 16.3 Å². The van der Waals surface area contributed by atoms with Gasteiger partial charge < -0.3 is 9.72 Å². The van der Waals surface area contributed by atoms with E-state index in [2.05, 4.69) is 9.97 Å². The number of benzene rings is 1. The summed E-state index contributed by atoms with van der Waals surface area (Å²) in [5.41, 5.74) is 1.93. The Morgan fingerprint density at radius 2 is 2.38 bits per heavy atom. The van der Waals surface area contributed by atoms with E-state index in [1.807, 2.05) is 25.1 Å². The van der Waals surface area contributed by atoms with Crippen LogP contribution in [0.1, 0.15) is 6.92 Å². The minimum atomic E-state index is 0.713. The summed E-state index contributed by atoms with van der Waals surface area (Å²) < 4.78 is 5.26. The van der Waals surface area contributed by atoms with Crippen molar-refractivity contribution in [3.05, 3.63) is 23.2 Å². The molecule has 1 heterocycles. The number of aromatic nitrogens is 2. The minimum Gasteiger partial charge on any atom is -0.381 e. The molecule has 0 atom stereocenters. The van der Waals surface area contributed by atoms with Crippen molar-refractivity contribution in [1.29, 1.82) is 0 Å². The Hall–Kier alpha value is -0.710. The van der Waals surface area contributed by atoms with E-state index in [-0.39, 0.29) is 0 Å². The summed E-state index contributed by atoms with van der Waals surface area (Å²) in [6, 6.07) is 5.66. The predicted molar refractivity (Wildman–Crippen MR) is 68.3 cm³/mol. The number of nitrogens with zero attached hydrogens (tertiary/aromatic N) is 1. The predicted octanol–water partition coefficient (Wildman–Crippen LogP) is 3.34. The minimum absolute atomic E-state index is 0.713. The Balaban J connectivity index is 2.02. The van der Waals surface area contributed by atoms with Gasteiger partial charge in [0.15, 0.2) is 5.16 Å². The molecule has 0 saturated heterocycles.